The normalized spacial score (nSPS) is 19.3. The van der Waals surface area contributed by atoms with Crippen molar-refractivity contribution < 1.29 is 18.0 Å². The average Bonchev–Trinajstić information content (AvgIpc) is 2.89. The molecule has 1 aliphatic heterocycles. The fraction of sp³-hybridized carbons (Fsp3) is 0.200. The van der Waals surface area contributed by atoms with E-state index in [9.17, 15) is 18.0 Å². The van der Waals surface area contributed by atoms with Gasteiger partial charge in [0.15, 0.2) is 0 Å². The molecular weight excluding hydrogens is 336 g/mol. The second kappa shape index (κ2) is 5.47. The van der Waals surface area contributed by atoms with Crippen molar-refractivity contribution in [2.45, 2.75) is 17.1 Å². The largest absolute Gasteiger partial charge is 0.325 e. The van der Waals surface area contributed by atoms with Gasteiger partial charge in [-0.05, 0) is 25.1 Å². The molecule has 23 heavy (non-hydrogen) atoms. The number of rotatable bonds is 2. The van der Waals surface area contributed by atoms with Gasteiger partial charge < -0.3 is 5.32 Å². The van der Waals surface area contributed by atoms with Crippen LogP contribution in [0, 0.1) is 6.92 Å². The molecule has 1 unspecified atom stereocenters. The van der Waals surface area contributed by atoms with Gasteiger partial charge >= 0.3 is 0 Å². The van der Waals surface area contributed by atoms with E-state index >= 15 is 0 Å². The molecule has 1 aliphatic rings. The second-order valence-electron chi connectivity index (χ2n) is 5.20. The Labute approximate surface area is 137 Å². The monoisotopic (exact) mass is 350 g/mol. The van der Waals surface area contributed by atoms with Gasteiger partial charge in [-0.15, -0.1) is 11.3 Å². The molecule has 0 fully saturated rings. The number of anilines is 1. The van der Waals surface area contributed by atoms with Gasteiger partial charge in [-0.3, -0.25) is 9.59 Å². The maximum atomic E-state index is 12.6. The van der Waals surface area contributed by atoms with Gasteiger partial charge in [-0.25, -0.2) is 12.7 Å². The van der Waals surface area contributed by atoms with Crippen molar-refractivity contribution in [2.75, 3.05) is 12.4 Å². The van der Waals surface area contributed by atoms with Gasteiger partial charge in [0.2, 0.25) is 5.91 Å². The highest BCUT2D eigenvalue weighted by Gasteiger charge is 2.45. The lowest BCUT2D eigenvalue weighted by atomic mass is 9.99. The van der Waals surface area contributed by atoms with Crippen molar-refractivity contribution in [1.82, 2.24) is 4.31 Å². The van der Waals surface area contributed by atoms with Crippen LogP contribution < -0.4 is 5.32 Å². The first kappa shape index (κ1) is 15.7. The summed E-state index contributed by atoms with van der Waals surface area (Å²) in [6.45, 7) is 1.75. The number of carbonyl (C=O) groups excluding carboxylic acids is 2. The second-order valence-corrected chi connectivity index (χ2v) is 8.62. The molecule has 2 heterocycles. The number of thiophene rings is 1. The van der Waals surface area contributed by atoms with Crippen molar-refractivity contribution in [3.63, 3.8) is 0 Å². The number of sulfonamides is 1. The molecule has 1 aromatic carbocycles. The number of hydrogen-bond donors (Lipinski definition) is 1. The maximum absolute atomic E-state index is 12.6. The predicted octanol–water partition coefficient (Wildman–Crippen LogP) is 1.94. The molecule has 3 rings (SSSR count). The van der Waals surface area contributed by atoms with E-state index in [0.29, 0.717) is 9.99 Å². The number of hydrogen-bond acceptors (Lipinski definition) is 5. The lowest BCUT2D eigenvalue weighted by Gasteiger charge is -2.28. The standard InChI is InChI=1S/C15H14N2O4S2/c1-9-8-11-12(13(18)16-10-6-4-3-5-7-10)14(19)17(2)23(20,21)15(11)22-9/h3-8,12H,1-2H3,(H,16,18). The predicted molar refractivity (Wildman–Crippen MR) is 86.8 cm³/mol. The summed E-state index contributed by atoms with van der Waals surface area (Å²) in [6.07, 6.45) is 0. The lowest BCUT2D eigenvalue weighted by molar-refractivity contribution is -0.132. The summed E-state index contributed by atoms with van der Waals surface area (Å²) in [5.74, 6) is -2.45. The van der Waals surface area contributed by atoms with Crippen LogP contribution in [0.5, 0.6) is 0 Å². The van der Waals surface area contributed by atoms with Crippen molar-refractivity contribution >= 4 is 38.9 Å². The quantitative estimate of drug-likeness (QED) is 0.839. The molecular formula is C15H14N2O4S2. The fourth-order valence-electron chi connectivity index (χ4n) is 2.46. The third-order valence-electron chi connectivity index (χ3n) is 3.61. The molecule has 2 amide bonds. The van der Waals surface area contributed by atoms with Crippen LogP contribution in [0.1, 0.15) is 16.4 Å². The lowest BCUT2D eigenvalue weighted by Crippen LogP contribution is -2.45. The first-order chi connectivity index (χ1) is 10.8. The van der Waals surface area contributed by atoms with E-state index in [1.54, 1.807) is 37.3 Å². The molecule has 0 saturated heterocycles. The van der Waals surface area contributed by atoms with Crippen molar-refractivity contribution in [2.24, 2.45) is 0 Å². The summed E-state index contributed by atoms with van der Waals surface area (Å²) in [5.41, 5.74) is 0.805. The maximum Gasteiger partial charge on any atom is 0.276 e. The van der Waals surface area contributed by atoms with E-state index in [2.05, 4.69) is 5.32 Å². The summed E-state index contributed by atoms with van der Waals surface area (Å²) in [4.78, 5) is 25.7. The smallest absolute Gasteiger partial charge is 0.276 e. The van der Waals surface area contributed by atoms with Crippen LogP contribution in [0.3, 0.4) is 0 Å². The molecule has 8 heteroatoms. The third kappa shape index (κ3) is 2.53. The van der Waals surface area contributed by atoms with Crippen LogP contribution in [-0.4, -0.2) is 31.6 Å². The van der Waals surface area contributed by atoms with Gasteiger partial charge in [0.1, 0.15) is 10.1 Å². The number of likely N-dealkylation sites (N-methyl/N-ethyl adjacent to an activating group) is 1. The Morgan fingerprint density at radius 1 is 1.26 bits per heavy atom. The molecule has 1 atom stereocenters. The number of amides is 2. The Bertz CT molecular complexity index is 887. The number of nitrogens with one attached hydrogen (secondary N) is 1. The van der Waals surface area contributed by atoms with Crippen molar-refractivity contribution in [3.05, 3.63) is 46.8 Å². The molecule has 0 saturated carbocycles. The van der Waals surface area contributed by atoms with E-state index in [1.165, 1.54) is 7.05 Å². The Balaban J connectivity index is 2.04. The summed E-state index contributed by atoms with van der Waals surface area (Å²) in [6, 6.07) is 10.3. The molecule has 0 spiro atoms. The van der Waals surface area contributed by atoms with Crippen LogP contribution in [0.25, 0.3) is 0 Å². The topological polar surface area (TPSA) is 83.6 Å². The molecule has 0 radical (unpaired) electrons. The summed E-state index contributed by atoms with van der Waals surface area (Å²) >= 11 is 1.07. The molecule has 120 valence electrons. The van der Waals surface area contributed by atoms with Crippen molar-refractivity contribution in [3.8, 4) is 0 Å². The van der Waals surface area contributed by atoms with Crippen LogP contribution in [0.2, 0.25) is 0 Å². The third-order valence-corrected chi connectivity index (χ3v) is 6.96. The minimum Gasteiger partial charge on any atom is -0.325 e. The van der Waals surface area contributed by atoms with Gasteiger partial charge in [-0.2, -0.15) is 0 Å². The van der Waals surface area contributed by atoms with Gasteiger partial charge in [0, 0.05) is 23.2 Å². The first-order valence-corrected chi connectivity index (χ1v) is 9.07. The van der Waals surface area contributed by atoms with E-state index in [-0.39, 0.29) is 9.77 Å². The molecule has 1 N–H and O–H groups in total. The summed E-state index contributed by atoms with van der Waals surface area (Å²) in [7, 11) is -2.69. The van der Waals surface area contributed by atoms with Crippen LogP contribution in [0.4, 0.5) is 5.69 Å². The molecule has 0 bridgehead atoms. The summed E-state index contributed by atoms with van der Waals surface area (Å²) in [5, 5.41) is 2.66. The minimum absolute atomic E-state index is 0.0605. The van der Waals surface area contributed by atoms with Crippen molar-refractivity contribution in [1.29, 1.82) is 0 Å². The van der Waals surface area contributed by atoms with Crippen LogP contribution in [0.15, 0.2) is 40.6 Å². The van der Waals surface area contributed by atoms with Gasteiger partial charge in [0.05, 0.1) is 0 Å². The Kier molecular flexibility index (Phi) is 3.73. The Morgan fingerprint density at radius 2 is 1.91 bits per heavy atom. The zero-order chi connectivity index (χ0) is 16.8. The fourth-order valence-corrected chi connectivity index (χ4v) is 5.45. The number of benzene rings is 1. The number of para-hydroxylation sites is 1. The minimum atomic E-state index is -3.87. The highest BCUT2D eigenvalue weighted by molar-refractivity contribution is 7.92. The van der Waals surface area contributed by atoms with Gasteiger partial charge in [-0.1, -0.05) is 18.2 Å². The summed E-state index contributed by atoms with van der Waals surface area (Å²) < 4.78 is 25.4. The number of nitrogens with zero attached hydrogens (tertiary/aromatic N) is 1. The Hall–Kier alpha value is -2.19. The highest BCUT2D eigenvalue weighted by atomic mass is 32.2. The van der Waals surface area contributed by atoms with E-state index < -0.39 is 27.8 Å². The number of fused-ring (bicyclic) bond motifs is 1. The molecule has 1 aromatic heterocycles. The zero-order valence-electron chi connectivity index (χ0n) is 12.4. The highest BCUT2D eigenvalue weighted by Crippen LogP contribution is 2.39. The van der Waals surface area contributed by atoms with Crippen LogP contribution in [-0.2, 0) is 19.6 Å². The number of carbonyl (C=O) groups is 2. The van der Waals surface area contributed by atoms with Crippen LogP contribution >= 0.6 is 11.3 Å². The first-order valence-electron chi connectivity index (χ1n) is 6.81. The SMILES string of the molecule is Cc1cc2c(s1)S(=O)(=O)N(C)C(=O)C2C(=O)Nc1ccccc1. The average molecular weight is 350 g/mol. The molecule has 6 nitrogen and oxygen atoms in total. The van der Waals surface area contributed by atoms with E-state index in [4.69, 9.17) is 0 Å². The number of aryl methyl sites for hydroxylation is 1. The molecule has 2 aromatic rings. The Morgan fingerprint density at radius 3 is 2.57 bits per heavy atom. The zero-order valence-corrected chi connectivity index (χ0v) is 14.1. The molecule has 0 aliphatic carbocycles. The van der Waals surface area contributed by atoms with E-state index in [1.807, 2.05) is 6.07 Å². The van der Waals surface area contributed by atoms with Gasteiger partial charge in [0.25, 0.3) is 15.9 Å². The van der Waals surface area contributed by atoms with E-state index in [0.717, 1.165) is 16.2 Å².